The summed E-state index contributed by atoms with van der Waals surface area (Å²) in [4.78, 5) is 13.4. The van der Waals surface area contributed by atoms with Gasteiger partial charge in [0.25, 0.3) is 0 Å². The first-order valence-electron chi connectivity index (χ1n) is 11.8. The monoisotopic (exact) mass is 648 g/mol. The molecule has 0 bridgehead atoms. The third-order valence-corrected chi connectivity index (χ3v) is 5.57. The summed E-state index contributed by atoms with van der Waals surface area (Å²) in [5.41, 5.74) is 8.76. The van der Waals surface area contributed by atoms with E-state index >= 15 is 0 Å². The molecule has 2 heterocycles. The van der Waals surface area contributed by atoms with Crippen molar-refractivity contribution in [3.8, 4) is 33.8 Å². The van der Waals surface area contributed by atoms with Gasteiger partial charge < -0.3 is 4.98 Å². The van der Waals surface area contributed by atoms with E-state index in [1.54, 1.807) is 0 Å². The average Bonchev–Trinajstić information content (AvgIpc) is 2.91. The Hall–Kier alpha value is -3.46. The third-order valence-electron chi connectivity index (χ3n) is 5.57. The number of aryl methyl sites for hydroxylation is 2. The van der Waals surface area contributed by atoms with Crippen LogP contribution in [0.1, 0.15) is 36.6 Å². The normalized spacial score (nSPS) is 10.2. The van der Waals surface area contributed by atoms with Crippen molar-refractivity contribution >= 4 is 0 Å². The molecule has 4 heteroatoms. The fourth-order valence-corrected chi connectivity index (χ4v) is 3.52. The average molecular weight is 648 g/mol. The van der Waals surface area contributed by atoms with Crippen molar-refractivity contribution in [1.82, 2.24) is 15.0 Å². The molecular weight excluding hydrogens is 619 g/mol. The summed E-state index contributed by atoms with van der Waals surface area (Å²) in [7, 11) is 0. The number of benzene rings is 3. The zero-order chi connectivity index (χ0) is 24.6. The number of rotatable bonds is 4. The Morgan fingerprint density at radius 1 is 0.722 bits per heavy atom. The van der Waals surface area contributed by atoms with Gasteiger partial charge in [-0.15, -0.1) is 70.8 Å². The molecule has 0 atom stereocenters. The van der Waals surface area contributed by atoms with E-state index in [2.05, 4.69) is 84.3 Å². The van der Waals surface area contributed by atoms with Crippen molar-refractivity contribution in [3.05, 3.63) is 126 Å². The summed E-state index contributed by atoms with van der Waals surface area (Å²) in [5.74, 6) is 1.13. The Morgan fingerprint density at radius 2 is 1.50 bits per heavy atom. The largest absolute Gasteiger partial charge is 0.304 e. The fraction of sp³-hybridized carbons (Fsp3) is 0.156. The molecule has 0 aliphatic carbocycles. The van der Waals surface area contributed by atoms with Crippen LogP contribution in [-0.4, -0.2) is 15.0 Å². The van der Waals surface area contributed by atoms with Crippen LogP contribution in [0.5, 0.6) is 0 Å². The van der Waals surface area contributed by atoms with Crippen LogP contribution in [0, 0.1) is 26.0 Å². The van der Waals surface area contributed by atoms with Gasteiger partial charge in [-0.25, -0.2) is 0 Å². The van der Waals surface area contributed by atoms with Crippen molar-refractivity contribution < 1.29 is 20.1 Å². The fourth-order valence-electron chi connectivity index (χ4n) is 3.52. The zero-order valence-electron chi connectivity index (χ0n) is 21.0. The molecule has 5 rings (SSSR count). The first-order valence-corrected chi connectivity index (χ1v) is 11.8. The van der Waals surface area contributed by atoms with Crippen molar-refractivity contribution in [2.45, 2.75) is 33.6 Å². The number of pyridine rings is 1. The van der Waals surface area contributed by atoms with Gasteiger partial charge in [0, 0.05) is 38.2 Å². The van der Waals surface area contributed by atoms with Crippen molar-refractivity contribution in [2.75, 3.05) is 0 Å². The van der Waals surface area contributed by atoms with E-state index in [9.17, 15) is 0 Å². The van der Waals surface area contributed by atoms with E-state index in [1.807, 2.05) is 67.8 Å². The smallest absolute Gasteiger partial charge is 0.0751 e. The Balaban J connectivity index is 0.000000210. The summed E-state index contributed by atoms with van der Waals surface area (Å²) < 4.78 is 0. The minimum Gasteiger partial charge on any atom is -0.304 e. The van der Waals surface area contributed by atoms with E-state index in [0.29, 0.717) is 5.92 Å². The van der Waals surface area contributed by atoms with Crippen molar-refractivity contribution in [3.63, 3.8) is 0 Å². The maximum Gasteiger partial charge on any atom is 0.0751 e. The zero-order valence-corrected chi connectivity index (χ0v) is 23.4. The van der Waals surface area contributed by atoms with Crippen LogP contribution < -0.4 is 0 Å². The maximum atomic E-state index is 4.63. The predicted octanol–water partition coefficient (Wildman–Crippen LogP) is 7.90. The molecule has 0 spiro atoms. The number of aromatic nitrogens is 3. The minimum atomic E-state index is 0. The Morgan fingerprint density at radius 3 is 2.17 bits per heavy atom. The summed E-state index contributed by atoms with van der Waals surface area (Å²) in [5, 5.41) is 0. The number of nitrogens with zero attached hydrogens (tertiary/aromatic N) is 3. The molecule has 0 amide bonds. The molecule has 36 heavy (non-hydrogen) atoms. The van der Waals surface area contributed by atoms with Gasteiger partial charge >= 0.3 is 0 Å². The first-order chi connectivity index (χ1) is 17.0. The Labute approximate surface area is 228 Å². The van der Waals surface area contributed by atoms with Crippen LogP contribution >= 0.6 is 0 Å². The van der Waals surface area contributed by atoms with Gasteiger partial charge in [-0.3, -0.25) is 9.97 Å². The molecular formula is C32H29IrN3-2. The minimum absolute atomic E-state index is 0. The molecule has 1 radical (unpaired) electrons. The Kier molecular flexibility index (Phi) is 9.81. The summed E-state index contributed by atoms with van der Waals surface area (Å²) in [6.07, 6.45) is 3.70. The second kappa shape index (κ2) is 13.0. The summed E-state index contributed by atoms with van der Waals surface area (Å²) >= 11 is 0. The predicted molar refractivity (Wildman–Crippen MR) is 144 cm³/mol. The standard InChI is InChI=1S/C19H17N2.C13H12N.Ir/c1-14(2)18-11-12-20-19(21-18)17-10-6-9-16(13-17)15-7-4-3-5-8-15;1-10-3-6-12(7-4-10)13-8-5-11(2)9-14-13;/h3-9,11-14H,1-2H3;3-6,8-9H,1-2H3;/q2*-1;. The molecule has 3 nitrogen and oxygen atoms in total. The van der Waals surface area contributed by atoms with E-state index in [-0.39, 0.29) is 20.1 Å². The number of hydrogen-bond acceptors (Lipinski definition) is 3. The number of hydrogen-bond donors (Lipinski definition) is 0. The molecule has 5 aromatic rings. The topological polar surface area (TPSA) is 38.7 Å². The molecule has 0 saturated carbocycles. The molecule has 183 valence electrons. The molecule has 0 aliphatic rings. The van der Waals surface area contributed by atoms with Crippen LogP contribution in [-0.2, 0) is 20.1 Å². The first kappa shape index (κ1) is 27.1. The molecule has 3 aromatic carbocycles. The van der Waals surface area contributed by atoms with Gasteiger partial charge in [0.2, 0.25) is 0 Å². The Bertz CT molecular complexity index is 1320. The molecule has 2 aromatic heterocycles. The van der Waals surface area contributed by atoms with Crippen LogP contribution in [0.25, 0.3) is 33.8 Å². The van der Waals surface area contributed by atoms with E-state index in [0.717, 1.165) is 33.9 Å². The molecule has 0 N–H and O–H groups in total. The molecule has 0 saturated heterocycles. The maximum absolute atomic E-state index is 4.63. The third kappa shape index (κ3) is 7.27. The van der Waals surface area contributed by atoms with Gasteiger partial charge in [-0.05, 0) is 35.7 Å². The second-order valence-corrected chi connectivity index (χ2v) is 8.82. The van der Waals surface area contributed by atoms with E-state index in [4.69, 9.17) is 0 Å². The molecule has 0 unspecified atom stereocenters. The van der Waals surface area contributed by atoms with Gasteiger partial charge in [0.1, 0.15) is 0 Å². The summed E-state index contributed by atoms with van der Waals surface area (Å²) in [6.45, 7) is 8.37. The van der Waals surface area contributed by atoms with Crippen LogP contribution in [0.2, 0.25) is 0 Å². The van der Waals surface area contributed by atoms with E-state index < -0.39 is 0 Å². The van der Waals surface area contributed by atoms with Crippen LogP contribution in [0.15, 0.2) is 97.3 Å². The molecule has 0 fully saturated rings. The second-order valence-electron chi connectivity index (χ2n) is 8.82. The van der Waals surface area contributed by atoms with Crippen molar-refractivity contribution in [1.29, 1.82) is 0 Å². The van der Waals surface area contributed by atoms with Crippen molar-refractivity contribution in [2.24, 2.45) is 0 Å². The SMILES string of the molecule is CC(C)c1ccnc(-c2[c-]ccc(-c3ccccc3)c2)n1.Cc1c[c-]c(-c2ccc(C)cn2)cc1.[Ir]. The van der Waals surface area contributed by atoms with Gasteiger partial charge in [-0.2, -0.15) is 0 Å². The summed E-state index contributed by atoms with van der Waals surface area (Å²) in [6, 6.07) is 35.0. The van der Waals surface area contributed by atoms with Gasteiger partial charge in [-0.1, -0.05) is 63.2 Å². The van der Waals surface area contributed by atoms with Gasteiger partial charge in [0.05, 0.1) is 5.82 Å². The van der Waals surface area contributed by atoms with E-state index in [1.165, 1.54) is 16.7 Å². The quantitative estimate of drug-likeness (QED) is 0.186. The van der Waals surface area contributed by atoms with Crippen LogP contribution in [0.4, 0.5) is 0 Å². The molecule has 0 aliphatic heterocycles. The van der Waals surface area contributed by atoms with Gasteiger partial charge in [0.15, 0.2) is 0 Å². The van der Waals surface area contributed by atoms with Crippen LogP contribution in [0.3, 0.4) is 0 Å².